The summed E-state index contributed by atoms with van der Waals surface area (Å²) in [5, 5.41) is 2.93. The van der Waals surface area contributed by atoms with Gasteiger partial charge in [0, 0.05) is 13.1 Å². The highest BCUT2D eigenvalue weighted by Gasteiger charge is 2.32. The maximum Gasteiger partial charge on any atom is 0.244 e. The molecule has 0 saturated carbocycles. The molecule has 0 fully saturated rings. The van der Waals surface area contributed by atoms with Crippen LogP contribution in [0.5, 0.6) is 5.75 Å². The summed E-state index contributed by atoms with van der Waals surface area (Å²) in [5.41, 5.74) is 2.09. The second-order valence-corrected chi connectivity index (χ2v) is 11.8. The van der Waals surface area contributed by atoms with Gasteiger partial charge < -0.3 is 15.0 Å². The molecule has 1 atom stereocenters. The summed E-state index contributed by atoms with van der Waals surface area (Å²) in [4.78, 5) is 28.5. The SMILES string of the molecule is CCC(C(=O)NCC(C)C)N(Cc1ccc(OC)cc1)C(=O)CN(c1ccccc1C(C)C)S(C)(=O)=O. The molecule has 9 heteroatoms. The van der Waals surface area contributed by atoms with E-state index in [4.69, 9.17) is 4.74 Å². The van der Waals surface area contributed by atoms with Crippen molar-refractivity contribution in [3.63, 3.8) is 0 Å². The lowest BCUT2D eigenvalue weighted by atomic mass is 10.0. The fourth-order valence-electron chi connectivity index (χ4n) is 4.07. The lowest BCUT2D eigenvalue weighted by Crippen LogP contribution is -2.52. The Morgan fingerprint density at radius 3 is 2.14 bits per heavy atom. The van der Waals surface area contributed by atoms with Gasteiger partial charge in [-0.25, -0.2) is 8.42 Å². The Hall–Kier alpha value is -3.07. The van der Waals surface area contributed by atoms with E-state index in [2.05, 4.69) is 5.32 Å². The highest BCUT2D eigenvalue weighted by molar-refractivity contribution is 7.92. The van der Waals surface area contributed by atoms with Crippen molar-refractivity contribution in [3.8, 4) is 5.75 Å². The summed E-state index contributed by atoms with van der Waals surface area (Å²) in [6, 6.07) is 13.7. The van der Waals surface area contributed by atoms with Crippen molar-refractivity contribution < 1.29 is 22.7 Å². The Balaban J connectivity index is 2.48. The average Bonchev–Trinajstić information content (AvgIpc) is 2.85. The predicted octanol–water partition coefficient (Wildman–Crippen LogP) is 4.16. The van der Waals surface area contributed by atoms with Crippen LogP contribution in [0.2, 0.25) is 0 Å². The van der Waals surface area contributed by atoms with Gasteiger partial charge in [0.1, 0.15) is 18.3 Å². The number of hydrogen-bond acceptors (Lipinski definition) is 5. The minimum Gasteiger partial charge on any atom is -0.497 e. The first-order valence-corrected chi connectivity index (χ1v) is 14.5. The third-order valence-electron chi connectivity index (χ3n) is 6.09. The highest BCUT2D eigenvalue weighted by Crippen LogP contribution is 2.29. The van der Waals surface area contributed by atoms with Gasteiger partial charge in [0.2, 0.25) is 21.8 Å². The monoisotopic (exact) mass is 531 g/mol. The summed E-state index contributed by atoms with van der Waals surface area (Å²) >= 11 is 0. The van der Waals surface area contributed by atoms with Gasteiger partial charge in [-0.1, -0.05) is 65.0 Å². The molecule has 1 unspecified atom stereocenters. The number of sulfonamides is 1. The Labute approximate surface area is 222 Å². The number of hydrogen-bond donors (Lipinski definition) is 1. The van der Waals surface area contributed by atoms with Crippen LogP contribution in [0, 0.1) is 5.92 Å². The molecule has 0 aliphatic heterocycles. The number of anilines is 1. The molecule has 0 heterocycles. The minimum absolute atomic E-state index is 0.0520. The molecule has 37 heavy (non-hydrogen) atoms. The number of methoxy groups -OCH3 is 1. The van der Waals surface area contributed by atoms with Crippen molar-refractivity contribution in [1.29, 1.82) is 0 Å². The normalized spacial score (nSPS) is 12.4. The van der Waals surface area contributed by atoms with Gasteiger partial charge in [0.05, 0.1) is 19.1 Å². The van der Waals surface area contributed by atoms with Gasteiger partial charge in [0.15, 0.2) is 0 Å². The van der Waals surface area contributed by atoms with Crippen LogP contribution >= 0.6 is 0 Å². The molecular weight excluding hydrogens is 490 g/mol. The molecule has 204 valence electrons. The second-order valence-electron chi connectivity index (χ2n) is 9.92. The zero-order valence-electron chi connectivity index (χ0n) is 23.0. The van der Waals surface area contributed by atoms with Crippen LogP contribution in [0.15, 0.2) is 48.5 Å². The van der Waals surface area contributed by atoms with E-state index in [0.717, 1.165) is 21.7 Å². The molecule has 0 aliphatic carbocycles. The molecule has 0 radical (unpaired) electrons. The molecule has 1 N–H and O–H groups in total. The molecule has 0 aliphatic rings. The first-order chi connectivity index (χ1) is 17.4. The zero-order valence-corrected chi connectivity index (χ0v) is 23.8. The molecular formula is C28H41N3O5S. The van der Waals surface area contributed by atoms with Crippen molar-refractivity contribution >= 4 is 27.5 Å². The summed E-state index contributed by atoms with van der Waals surface area (Å²) in [7, 11) is -2.21. The maximum absolute atomic E-state index is 13.8. The van der Waals surface area contributed by atoms with E-state index < -0.39 is 28.5 Å². The number of carbonyl (C=O) groups excluding carboxylic acids is 2. The standard InChI is InChI=1S/C28H41N3O5S/c1-8-25(28(33)29-17-20(2)3)30(18-22-13-15-23(36-6)16-14-22)27(32)19-31(37(7,34)35)26-12-10-9-11-24(26)21(4)5/h9-16,20-21,25H,8,17-19H2,1-7H3,(H,29,33). The summed E-state index contributed by atoms with van der Waals surface area (Å²) in [6.45, 7) is 10.0. The molecule has 2 aromatic rings. The molecule has 0 aromatic heterocycles. The number of carbonyl (C=O) groups is 2. The predicted molar refractivity (Wildman–Crippen MR) is 148 cm³/mol. The van der Waals surface area contributed by atoms with Crippen molar-refractivity contribution in [2.24, 2.45) is 5.92 Å². The Bertz CT molecular complexity index is 1150. The van der Waals surface area contributed by atoms with E-state index in [0.29, 0.717) is 24.4 Å². The van der Waals surface area contributed by atoms with Crippen LogP contribution in [-0.2, 0) is 26.2 Å². The Morgan fingerprint density at radius 2 is 1.62 bits per heavy atom. The topological polar surface area (TPSA) is 96.0 Å². The van der Waals surface area contributed by atoms with Crippen LogP contribution < -0.4 is 14.4 Å². The van der Waals surface area contributed by atoms with E-state index in [1.54, 1.807) is 31.4 Å². The number of para-hydroxylation sites is 1. The summed E-state index contributed by atoms with van der Waals surface area (Å²) < 4.78 is 32.2. The highest BCUT2D eigenvalue weighted by atomic mass is 32.2. The Kier molecular flexibility index (Phi) is 11.0. The molecule has 0 saturated heterocycles. The number of nitrogens with one attached hydrogen (secondary N) is 1. The molecule has 0 spiro atoms. The van der Waals surface area contributed by atoms with E-state index in [-0.39, 0.29) is 24.3 Å². The molecule has 2 amide bonds. The van der Waals surface area contributed by atoms with Crippen LogP contribution in [0.3, 0.4) is 0 Å². The third kappa shape index (κ3) is 8.49. The average molecular weight is 532 g/mol. The van der Waals surface area contributed by atoms with Gasteiger partial charge in [-0.05, 0) is 47.6 Å². The summed E-state index contributed by atoms with van der Waals surface area (Å²) in [6.07, 6.45) is 1.48. The first kappa shape index (κ1) is 30.2. The van der Waals surface area contributed by atoms with Crippen molar-refractivity contribution in [3.05, 3.63) is 59.7 Å². The molecule has 8 nitrogen and oxygen atoms in total. The van der Waals surface area contributed by atoms with Gasteiger partial charge in [-0.3, -0.25) is 13.9 Å². The van der Waals surface area contributed by atoms with Crippen LogP contribution in [-0.4, -0.2) is 57.6 Å². The van der Waals surface area contributed by atoms with E-state index in [1.807, 2.05) is 58.9 Å². The molecule has 0 bridgehead atoms. The van der Waals surface area contributed by atoms with Crippen molar-refractivity contribution in [2.75, 3.05) is 30.8 Å². The second kappa shape index (κ2) is 13.5. The largest absolute Gasteiger partial charge is 0.497 e. The lowest BCUT2D eigenvalue weighted by molar-refractivity contribution is -0.140. The van der Waals surface area contributed by atoms with E-state index in [9.17, 15) is 18.0 Å². The fourth-order valence-corrected chi connectivity index (χ4v) is 4.94. The van der Waals surface area contributed by atoms with E-state index >= 15 is 0 Å². The Morgan fingerprint density at radius 1 is 1.00 bits per heavy atom. The van der Waals surface area contributed by atoms with Crippen molar-refractivity contribution in [1.82, 2.24) is 10.2 Å². The van der Waals surface area contributed by atoms with Gasteiger partial charge in [-0.15, -0.1) is 0 Å². The zero-order chi connectivity index (χ0) is 27.8. The number of rotatable bonds is 13. The minimum atomic E-state index is -3.79. The van der Waals surface area contributed by atoms with Crippen molar-refractivity contribution in [2.45, 2.75) is 59.5 Å². The van der Waals surface area contributed by atoms with Gasteiger partial charge >= 0.3 is 0 Å². The maximum atomic E-state index is 13.8. The first-order valence-electron chi connectivity index (χ1n) is 12.7. The van der Waals surface area contributed by atoms with Crippen LogP contribution in [0.1, 0.15) is 58.1 Å². The number of ether oxygens (including phenoxy) is 1. The molecule has 2 rings (SSSR count). The summed E-state index contributed by atoms with van der Waals surface area (Å²) in [5.74, 6) is 0.270. The quantitative estimate of drug-likeness (QED) is 0.419. The van der Waals surface area contributed by atoms with Crippen LogP contribution in [0.4, 0.5) is 5.69 Å². The van der Waals surface area contributed by atoms with Crippen LogP contribution in [0.25, 0.3) is 0 Å². The lowest BCUT2D eigenvalue weighted by Gasteiger charge is -2.33. The number of nitrogens with zero attached hydrogens (tertiary/aromatic N) is 2. The van der Waals surface area contributed by atoms with Gasteiger partial charge in [-0.2, -0.15) is 0 Å². The number of amides is 2. The van der Waals surface area contributed by atoms with Gasteiger partial charge in [0.25, 0.3) is 0 Å². The molecule has 2 aromatic carbocycles. The fraction of sp³-hybridized carbons (Fsp3) is 0.500. The third-order valence-corrected chi connectivity index (χ3v) is 7.22. The number of benzene rings is 2. The smallest absolute Gasteiger partial charge is 0.244 e. The van der Waals surface area contributed by atoms with E-state index in [1.165, 1.54) is 4.90 Å².